The second-order valence-corrected chi connectivity index (χ2v) is 6.91. The van der Waals surface area contributed by atoms with Crippen LogP contribution in [0, 0.1) is 11.3 Å². The first kappa shape index (κ1) is 19.8. The summed E-state index contributed by atoms with van der Waals surface area (Å²) in [7, 11) is 1.88. The molecule has 4 rings (SSSR count). The van der Waals surface area contributed by atoms with Gasteiger partial charge in [-0.25, -0.2) is 9.97 Å². The Kier molecular flexibility index (Phi) is 6.12. The van der Waals surface area contributed by atoms with E-state index in [1.165, 1.54) is 0 Å². The summed E-state index contributed by atoms with van der Waals surface area (Å²) in [5.74, 6) is 1.18. The van der Waals surface area contributed by atoms with Gasteiger partial charge in [0, 0.05) is 56.7 Å². The van der Waals surface area contributed by atoms with E-state index in [0.29, 0.717) is 17.3 Å². The Hall–Kier alpha value is -3.55. The molecule has 0 radical (unpaired) electrons. The molecule has 0 bridgehead atoms. The molecule has 0 spiro atoms. The Morgan fingerprint density at radius 2 is 2.03 bits per heavy atom. The molecule has 0 amide bonds. The number of morpholine rings is 1. The van der Waals surface area contributed by atoms with E-state index in [1.54, 1.807) is 35.4 Å². The zero-order chi connectivity index (χ0) is 20.8. The van der Waals surface area contributed by atoms with Crippen LogP contribution in [0.2, 0.25) is 0 Å². The highest BCUT2D eigenvalue weighted by Gasteiger charge is 2.13. The number of aromatic nitrogens is 5. The fourth-order valence-corrected chi connectivity index (χ4v) is 3.17. The van der Waals surface area contributed by atoms with Crippen LogP contribution in [0.15, 0.2) is 36.9 Å². The van der Waals surface area contributed by atoms with E-state index in [4.69, 9.17) is 10.00 Å². The van der Waals surface area contributed by atoms with Crippen LogP contribution < -0.4 is 10.6 Å². The monoisotopic (exact) mass is 405 g/mol. The van der Waals surface area contributed by atoms with Crippen LogP contribution in [0.4, 0.5) is 17.5 Å². The predicted molar refractivity (Wildman–Crippen MR) is 112 cm³/mol. The first-order valence-electron chi connectivity index (χ1n) is 9.74. The molecule has 1 fully saturated rings. The number of pyridine rings is 1. The molecular formula is C20H23N9O. The van der Waals surface area contributed by atoms with Gasteiger partial charge in [0.15, 0.2) is 0 Å². The Morgan fingerprint density at radius 3 is 2.73 bits per heavy atom. The van der Waals surface area contributed by atoms with Gasteiger partial charge in [-0.05, 0) is 12.1 Å². The van der Waals surface area contributed by atoms with Crippen molar-refractivity contribution in [2.24, 2.45) is 7.05 Å². The predicted octanol–water partition coefficient (Wildman–Crippen LogP) is 1.63. The van der Waals surface area contributed by atoms with Gasteiger partial charge in [-0.15, -0.1) is 0 Å². The fraction of sp³-hybridized carbons (Fsp3) is 0.350. The first-order valence-corrected chi connectivity index (χ1v) is 9.74. The lowest BCUT2D eigenvalue weighted by Gasteiger charge is -2.26. The van der Waals surface area contributed by atoms with E-state index in [-0.39, 0.29) is 0 Å². The number of hydrogen-bond donors (Lipinski definition) is 2. The van der Waals surface area contributed by atoms with Crippen LogP contribution in [0.1, 0.15) is 5.69 Å². The molecule has 0 unspecified atom stereocenters. The lowest BCUT2D eigenvalue weighted by Crippen LogP contribution is -2.39. The highest BCUT2D eigenvalue weighted by atomic mass is 16.5. The molecule has 1 aliphatic rings. The third-order valence-electron chi connectivity index (χ3n) is 4.76. The molecule has 10 heteroatoms. The molecule has 3 aromatic heterocycles. The Morgan fingerprint density at radius 1 is 1.17 bits per heavy atom. The molecule has 10 nitrogen and oxygen atoms in total. The Bertz CT molecular complexity index is 1020. The van der Waals surface area contributed by atoms with Crippen LogP contribution in [0.5, 0.6) is 0 Å². The van der Waals surface area contributed by atoms with E-state index < -0.39 is 0 Å². The van der Waals surface area contributed by atoms with Gasteiger partial charge in [-0.3, -0.25) is 9.58 Å². The summed E-state index contributed by atoms with van der Waals surface area (Å²) in [6.07, 6.45) is 7.09. The number of anilines is 3. The minimum atomic E-state index is 0.360. The van der Waals surface area contributed by atoms with Crippen molar-refractivity contribution in [1.29, 1.82) is 5.26 Å². The standard InChI is InChI=1S/C20H23N9O/c1-28-14-15(11-25-28)18-13-24-20(26-17-3-2-16(10-21)23-12-17)27-19(18)22-4-5-29-6-8-30-9-7-29/h2-3,11-14H,4-9H2,1H3,(H2,22,24,26,27). The number of nitrogens with zero attached hydrogens (tertiary/aromatic N) is 7. The number of nitriles is 1. The van der Waals surface area contributed by atoms with Crippen LogP contribution in [0.25, 0.3) is 11.1 Å². The molecule has 1 saturated heterocycles. The van der Waals surface area contributed by atoms with Crippen molar-refractivity contribution in [3.05, 3.63) is 42.6 Å². The molecule has 154 valence electrons. The molecule has 30 heavy (non-hydrogen) atoms. The SMILES string of the molecule is Cn1cc(-c2cnc(Nc3ccc(C#N)nc3)nc2NCCN2CCOCC2)cn1. The summed E-state index contributed by atoms with van der Waals surface area (Å²) in [5, 5.41) is 19.7. The maximum atomic E-state index is 8.89. The van der Waals surface area contributed by atoms with Gasteiger partial charge >= 0.3 is 0 Å². The molecular weight excluding hydrogens is 382 g/mol. The second kappa shape index (κ2) is 9.30. The maximum Gasteiger partial charge on any atom is 0.229 e. The highest BCUT2D eigenvalue weighted by molar-refractivity contribution is 5.74. The third-order valence-corrected chi connectivity index (χ3v) is 4.76. The van der Waals surface area contributed by atoms with Gasteiger partial charge in [0.2, 0.25) is 5.95 Å². The minimum absolute atomic E-state index is 0.360. The van der Waals surface area contributed by atoms with E-state index in [0.717, 1.165) is 56.3 Å². The lowest BCUT2D eigenvalue weighted by molar-refractivity contribution is 0.0398. The maximum absolute atomic E-state index is 8.89. The van der Waals surface area contributed by atoms with Crippen molar-refractivity contribution in [2.75, 3.05) is 50.0 Å². The number of hydrogen-bond acceptors (Lipinski definition) is 9. The summed E-state index contributed by atoms with van der Waals surface area (Å²) in [4.78, 5) is 15.5. The van der Waals surface area contributed by atoms with E-state index >= 15 is 0 Å². The van der Waals surface area contributed by atoms with Crippen molar-refractivity contribution < 1.29 is 4.74 Å². The molecule has 0 aromatic carbocycles. The third kappa shape index (κ3) is 4.89. The highest BCUT2D eigenvalue weighted by Crippen LogP contribution is 2.27. The van der Waals surface area contributed by atoms with Crippen molar-refractivity contribution in [3.8, 4) is 17.2 Å². The van der Waals surface area contributed by atoms with Gasteiger partial charge in [-0.1, -0.05) is 0 Å². The summed E-state index contributed by atoms with van der Waals surface area (Å²) in [6.45, 7) is 5.10. The second-order valence-electron chi connectivity index (χ2n) is 6.91. The average Bonchev–Trinajstić information content (AvgIpc) is 3.21. The lowest BCUT2D eigenvalue weighted by atomic mass is 10.2. The van der Waals surface area contributed by atoms with Gasteiger partial charge in [0.25, 0.3) is 0 Å². The summed E-state index contributed by atoms with van der Waals surface area (Å²) < 4.78 is 7.16. The normalized spacial score (nSPS) is 14.3. The molecule has 0 atom stereocenters. The summed E-state index contributed by atoms with van der Waals surface area (Å²) >= 11 is 0. The zero-order valence-corrected chi connectivity index (χ0v) is 16.7. The van der Waals surface area contributed by atoms with E-state index in [2.05, 4.69) is 35.6 Å². The van der Waals surface area contributed by atoms with Gasteiger partial charge < -0.3 is 15.4 Å². The smallest absolute Gasteiger partial charge is 0.229 e. The topological polar surface area (TPSA) is 117 Å². The Labute approximate surface area is 174 Å². The zero-order valence-electron chi connectivity index (χ0n) is 16.7. The van der Waals surface area contributed by atoms with E-state index in [9.17, 15) is 0 Å². The van der Waals surface area contributed by atoms with Crippen LogP contribution in [-0.4, -0.2) is 69.0 Å². The average molecular weight is 405 g/mol. The van der Waals surface area contributed by atoms with Crippen molar-refractivity contribution in [1.82, 2.24) is 29.6 Å². The molecule has 4 heterocycles. The van der Waals surface area contributed by atoms with Crippen LogP contribution in [0.3, 0.4) is 0 Å². The molecule has 1 aliphatic heterocycles. The van der Waals surface area contributed by atoms with Gasteiger partial charge in [0.1, 0.15) is 17.6 Å². The Balaban J connectivity index is 1.51. The molecule has 3 aromatic rings. The number of aryl methyl sites for hydroxylation is 1. The van der Waals surface area contributed by atoms with Gasteiger partial charge in [0.05, 0.1) is 31.3 Å². The number of rotatable bonds is 7. The quantitative estimate of drug-likeness (QED) is 0.605. The van der Waals surface area contributed by atoms with Crippen LogP contribution in [-0.2, 0) is 11.8 Å². The number of nitrogens with one attached hydrogen (secondary N) is 2. The number of ether oxygens (including phenoxy) is 1. The van der Waals surface area contributed by atoms with Crippen LogP contribution >= 0.6 is 0 Å². The van der Waals surface area contributed by atoms with E-state index in [1.807, 2.05) is 19.3 Å². The summed E-state index contributed by atoms with van der Waals surface area (Å²) in [5.41, 5.74) is 2.90. The van der Waals surface area contributed by atoms with Gasteiger partial charge in [-0.2, -0.15) is 15.3 Å². The molecule has 0 saturated carbocycles. The van der Waals surface area contributed by atoms with Crippen molar-refractivity contribution in [3.63, 3.8) is 0 Å². The fourth-order valence-electron chi connectivity index (χ4n) is 3.17. The largest absolute Gasteiger partial charge is 0.379 e. The van der Waals surface area contributed by atoms with Crippen molar-refractivity contribution in [2.45, 2.75) is 0 Å². The minimum Gasteiger partial charge on any atom is -0.379 e. The summed E-state index contributed by atoms with van der Waals surface area (Å²) in [6, 6.07) is 5.43. The molecule has 2 N–H and O–H groups in total. The first-order chi connectivity index (χ1) is 14.7. The molecule has 0 aliphatic carbocycles. The van der Waals surface area contributed by atoms with Crippen molar-refractivity contribution >= 4 is 17.5 Å².